The average molecular weight is 341 g/mol. The molecule has 1 aliphatic rings. The van der Waals surface area contributed by atoms with Crippen LogP contribution in [-0.4, -0.2) is 26.0 Å². The van der Waals surface area contributed by atoms with Crippen molar-refractivity contribution in [2.45, 2.75) is 40.0 Å². The van der Waals surface area contributed by atoms with Crippen LogP contribution in [0.15, 0.2) is 47.6 Å². The van der Waals surface area contributed by atoms with Gasteiger partial charge >= 0.3 is 5.97 Å². The van der Waals surface area contributed by atoms with Crippen molar-refractivity contribution < 1.29 is 14.3 Å². The number of hydrogen-bond acceptors (Lipinski definition) is 3. The highest BCUT2D eigenvalue weighted by Gasteiger charge is 2.26. The summed E-state index contributed by atoms with van der Waals surface area (Å²) in [4.78, 5) is 25.6. The number of methoxy groups -OCH3 is 1. The van der Waals surface area contributed by atoms with Gasteiger partial charge in [0.1, 0.15) is 0 Å². The van der Waals surface area contributed by atoms with Gasteiger partial charge in [-0.2, -0.15) is 0 Å². The number of rotatable bonds is 4. The average Bonchev–Trinajstić information content (AvgIpc) is 2.59. The summed E-state index contributed by atoms with van der Waals surface area (Å²) >= 11 is 0. The van der Waals surface area contributed by atoms with Crippen LogP contribution in [-0.2, 0) is 9.53 Å². The lowest BCUT2D eigenvalue weighted by Gasteiger charge is -2.33. The molecule has 25 heavy (non-hydrogen) atoms. The minimum absolute atomic E-state index is 0.0903. The lowest BCUT2D eigenvalue weighted by molar-refractivity contribution is -0.113. The SMILES string of the molecule is COC(=O)c1ccc(N(C)C(=O)/C=C/C2=C(C)CCCC2(C)C)cc1. The van der Waals surface area contributed by atoms with Crippen LogP contribution in [0.4, 0.5) is 5.69 Å². The fourth-order valence-electron chi connectivity index (χ4n) is 3.34. The van der Waals surface area contributed by atoms with Gasteiger partial charge in [0, 0.05) is 18.8 Å². The molecule has 0 aliphatic heterocycles. The Morgan fingerprint density at radius 1 is 1.20 bits per heavy atom. The van der Waals surface area contributed by atoms with E-state index in [9.17, 15) is 9.59 Å². The molecule has 1 aromatic rings. The van der Waals surface area contributed by atoms with Crippen molar-refractivity contribution in [1.29, 1.82) is 0 Å². The van der Waals surface area contributed by atoms with Crippen molar-refractivity contribution in [1.82, 2.24) is 0 Å². The van der Waals surface area contributed by atoms with Crippen LogP contribution in [0.3, 0.4) is 0 Å². The van der Waals surface area contributed by atoms with Crippen molar-refractivity contribution in [3.05, 3.63) is 53.1 Å². The van der Waals surface area contributed by atoms with Crippen LogP contribution in [0.25, 0.3) is 0 Å². The summed E-state index contributed by atoms with van der Waals surface area (Å²) in [6.07, 6.45) is 7.05. The minimum Gasteiger partial charge on any atom is -0.465 e. The van der Waals surface area contributed by atoms with E-state index in [-0.39, 0.29) is 17.3 Å². The molecule has 0 unspecified atom stereocenters. The molecule has 4 nitrogen and oxygen atoms in total. The van der Waals surface area contributed by atoms with E-state index in [1.807, 2.05) is 6.08 Å². The second-order valence-electron chi connectivity index (χ2n) is 7.20. The van der Waals surface area contributed by atoms with E-state index >= 15 is 0 Å². The van der Waals surface area contributed by atoms with E-state index in [4.69, 9.17) is 0 Å². The first kappa shape index (κ1) is 19.0. The van der Waals surface area contributed by atoms with Gasteiger partial charge in [0.2, 0.25) is 0 Å². The second-order valence-corrected chi connectivity index (χ2v) is 7.20. The molecular weight excluding hydrogens is 314 g/mol. The van der Waals surface area contributed by atoms with E-state index in [0.29, 0.717) is 5.56 Å². The van der Waals surface area contributed by atoms with Crippen LogP contribution < -0.4 is 4.90 Å². The maximum Gasteiger partial charge on any atom is 0.337 e. The Hall–Kier alpha value is -2.36. The largest absolute Gasteiger partial charge is 0.465 e. The summed E-state index contributed by atoms with van der Waals surface area (Å²) in [6.45, 7) is 6.62. The number of carbonyl (C=O) groups is 2. The Labute approximate surface area is 150 Å². The zero-order valence-corrected chi connectivity index (χ0v) is 15.8. The maximum absolute atomic E-state index is 12.5. The number of esters is 1. The van der Waals surface area contributed by atoms with Gasteiger partial charge in [0.25, 0.3) is 5.91 Å². The summed E-state index contributed by atoms with van der Waals surface area (Å²) in [5, 5.41) is 0. The van der Waals surface area contributed by atoms with Crippen molar-refractivity contribution >= 4 is 17.6 Å². The summed E-state index contributed by atoms with van der Waals surface area (Å²) in [5.74, 6) is -0.477. The molecule has 0 heterocycles. The van der Waals surface area contributed by atoms with Crippen molar-refractivity contribution in [3.63, 3.8) is 0 Å². The van der Waals surface area contributed by atoms with Gasteiger partial charge in [-0.15, -0.1) is 0 Å². The number of allylic oxidation sites excluding steroid dienone is 3. The van der Waals surface area contributed by atoms with Crippen molar-refractivity contribution in [2.24, 2.45) is 5.41 Å². The van der Waals surface area contributed by atoms with Gasteiger partial charge in [-0.1, -0.05) is 25.5 Å². The van der Waals surface area contributed by atoms with Crippen molar-refractivity contribution in [2.75, 3.05) is 19.1 Å². The van der Waals surface area contributed by atoms with Gasteiger partial charge in [-0.3, -0.25) is 4.79 Å². The Morgan fingerprint density at radius 3 is 2.40 bits per heavy atom. The molecule has 0 bridgehead atoms. The highest BCUT2D eigenvalue weighted by atomic mass is 16.5. The summed E-state index contributed by atoms with van der Waals surface area (Å²) in [5.41, 5.74) is 3.94. The lowest BCUT2D eigenvalue weighted by atomic mass is 9.72. The van der Waals surface area contributed by atoms with Crippen LogP contribution in [0.1, 0.15) is 50.4 Å². The number of benzene rings is 1. The quantitative estimate of drug-likeness (QED) is 0.597. The molecule has 4 heteroatoms. The number of likely N-dealkylation sites (N-methyl/N-ethyl adjacent to an activating group) is 1. The molecule has 2 rings (SSSR count). The molecule has 0 spiro atoms. The van der Waals surface area contributed by atoms with Gasteiger partial charge in [-0.25, -0.2) is 4.79 Å². The van der Waals surface area contributed by atoms with Gasteiger partial charge in [0.05, 0.1) is 12.7 Å². The molecule has 0 fully saturated rings. The molecule has 0 aromatic heterocycles. The van der Waals surface area contributed by atoms with Crippen LogP contribution in [0.2, 0.25) is 0 Å². The van der Waals surface area contributed by atoms with Gasteiger partial charge in [0.15, 0.2) is 0 Å². The normalized spacial score (nSPS) is 16.8. The predicted octanol–water partition coefficient (Wildman–Crippen LogP) is 4.52. The maximum atomic E-state index is 12.5. The first-order chi connectivity index (χ1) is 11.8. The van der Waals surface area contributed by atoms with Crippen LogP contribution >= 0.6 is 0 Å². The molecule has 1 aromatic carbocycles. The summed E-state index contributed by atoms with van der Waals surface area (Å²) < 4.78 is 4.68. The zero-order chi connectivity index (χ0) is 18.6. The van der Waals surface area contributed by atoms with Crippen LogP contribution in [0.5, 0.6) is 0 Å². The second kappa shape index (κ2) is 7.68. The van der Waals surface area contributed by atoms with E-state index in [0.717, 1.165) is 18.5 Å². The topological polar surface area (TPSA) is 46.6 Å². The first-order valence-corrected chi connectivity index (χ1v) is 8.60. The number of hydrogen-bond donors (Lipinski definition) is 0. The fourth-order valence-corrected chi connectivity index (χ4v) is 3.34. The standard InChI is InChI=1S/C21H27NO3/c1-15-7-6-14-21(2,3)18(15)12-13-19(23)22(4)17-10-8-16(9-11-17)20(24)25-5/h8-13H,6-7,14H2,1-5H3/b13-12+. The molecule has 1 aliphatic carbocycles. The highest BCUT2D eigenvalue weighted by Crippen LogP contribution is 2.40. The third-order valence-electron chi connectivity index (χ3n) is 4.94. The molecule has 134 valence electrons. The Bertz CT molecular complexity index is 711. The van der Waals surface area contributed by atoms with E-state index in [2.05, 4.69) is 25.5 Å². The Morgan fingerprint density at radius 2 is 1.84 bits per heavy atom. The molecule has 0 saturated carbocycles. The smallest absolute Gasteiger partial charge is 0.337 e. The molecule has 0 saturated heterocycles. The summed E-state index contributed by atoms with van der Waals surface area (Å²) in [6, 6.07) is 6.80. The number of amides is 1. The molecule has 1 amide bonds. The van der Waals surface area contributed by atoms with E-state index < -0.39 is 0 Å². The highest BCUT2D eigenvalue weighted by molar-refractivity contribution is 6.01. The van der Waals surface area contributed by atoms with Crippen LogP contribution in [0, 0.1) is 5.41 Å². The third-order valence-corrected chi connectivity index (χ3v) is 4.94. The Balaban J connectivity index is 2.13. The lowest BCUT2D eigenvalue weighted by Crippen LogP contribution is -2.25. The minimum atomic E-state index is -0.387. The number of nitrogens with zero attached hydrogens (tertiary/aromatic N) is 1. The number of carbonyl (C=O) groups excluding carboxylic acids is 2. The number of ether oxygens (including phenoxy) is 1. The molecular formula is C21H27NO3. The van der Waals surface area contributed by atoms with E-state index in [1.54, 1.807) is 42.3 Å². The Kier molecular flexibility index (Phi) is 5.83. The molecule has 0 atom stereocenters. The fraction of sp³-hybridized carbons (Fsp3) is 0.429. The third kappa shape index (κ3) is 4.38. The number of anilines is 1. The van der Waals surface area contributed by atoms with Gasteiger partial charge < -0.3 is 9.64 Å². The predicted molar refractivity (Wildman–Crippen MR) is 101 cm³/mol. The zero-order valence-electron chi connectivity index (χ0n) is 15.8. The van der Waals surface area contributed by atoms with Gasteiger partial charge in [-0.05, 0) is 61.4 Å². The molecule has 0 radical (unpaired) electrons. The summed E-state index contributed by atoms with van der Waals surface area (Å²) in [7, 11) is 3.08. The van der Waals surface area contributed by atoms with E-state index in [1.165, 1.54) is 24.7 Å². The first-order valence-electron chi connectivity index (χ1n) is 8.60. The molecule has 0 N–H and O–H groups in total. The van der Waals surface area contributed by atoms with Crippen molar-refractivity contribution in [3.8, 4) is 0 Å². The monoisotopic (exact) mass is 341 g/mol.